The van der Waals surface area contributed by atoms with Crippen molar-refractivity contribution < 1.29 is 9.53 Å². The molecule has 1 aliphatic rings. The molecule has 1 aliphatic heterocycles. The van der Waals surface area contributed by atoms with Crippen molar-refractivity contribution >= 4 is 5.78 Å². The third-order valence-electron chi connectivity index (χ3n) is 2.47. The number of rotatable bonds is 3. The molecule has 0 radical (unpaired) electrons. The number of benzene rings is 1. The van der Waals surface area contributed by atoms with Crippen molar-refractivity contribution in [2.75, 3.05) is 0 Å². The smallest absolute Gasteiger partial charge is 0.167 e. The molecule has 1 aromatic rings. The number of ether oxygens (including phenoxy) is 1. The van der Waals surface area contributed by atoms with Crippen molar-refractivity contribution in [1.29, 1.82) is 0 Å². The molecule has 0 N–H and O–H groups in total. The Labute approximate surface area is 83.9 Å². The van der Waals surface area contributed by atoms with Gasteiger partial charge in [-0.25, -0.2) is 0 Å². The van der Waals surface area contributed by atoms with Crippen LogP contribution in [-0.2, 0) is 9.53 Å². The highest BCUT2D eigenvalue weighted by atomic mass is 16.6. The number of Topliss-reactive ketones (excluding diaryl/α,β-unsaturated/α-hetero) is 1. The summed E-state index contributed by atoms with van der Waals surface area (Å²) in [6, 6.07) is 9.89. The molecule has 1 aromatic carbocycles. The van der Waals surface area contributed by atoms with Crippen LogP contribution in [0.2, 0.25) is 0 Å². The highest BCUT2D eigenvalue weighted by Crippen LogP contribution is 2.40. The van der Waals surface area contributed by atoms with Crippen LogP contribution in [0, 0.1) is 5.92 Å². The van der Waals surface area contributed by atoms with Gasteiger partial charge in [0.2, 0.25) is 0 Å². The molecule has 0 bridgehead atoms. The Morgan fingerprint density at radius 1 is 1.29 bits per heavy atom. The molecule has 0 aliphatic carbocycles. The van der Waals surface area contributed by atoms with Crippen molar-refractivity contribution in [3.63, 3.8) is 0 Å². The topological polar surface area (TPSA) is 29.6 Å². The van der Waals surface area contributed by atoms with Gasteiger partial charge in [0.25, 0.3) is 0 Å². The molecular weight excluding hydrogens is 176 g/mol. The second-order valence-corrected chi connectivity index (χ2v) is 3.95. The van der Waals surface area contributed by atoms with Crippen LogP contribution in [0.15, 0.2) is 30.3 Å². The van der Waals surface area contributed by atoms with Crippen LogP contribution >= 0.6 is 0 Å². The van der Waals surface area contributed by atoms with Gasteiger partial charge in [-0.1, -0.05) is 44.2 Å². The average molecular weight is 190 g/mol. The summed E-state index contributed by atoms with van der Waals surface area (Å²) in [6.07, 6.45) is -0.191. The molecule has 0 spiro atoms. The van der Waals surface area contributed by atoms with E-state index >= 15 is 0 Å². The lowest BCUT2D eigenvalue weighted by atomic mass is 10.0. The zero-order valence-electron chi connectivity index (χ0n) is 8.44. The second kappa shape index (κ2) is 3.54. The van der Waals surface area contributed by atoms with Gasteiger partial charge in [0, 0.05) is 5.92 Å². The molecule has 14 heavy (non-hydrogen) atoms. The predicted octanol–water partition coefficient (Wildman–Crippen LogP) is 2.35. The first kappa shape index (κ1) is 9.41. The monoisotopic (exact) mass is 190 g/mol. The van der Waals surface area contributed by atoms with E-state index in [-0.39, 0.29) is 23.9 Å². The summed E-state index contributed by atoms with van der Waals surface area (Å²) in [5.74, 6) is 0.271. The van der Waals surface area contributed by atoms with E-state index in [1.165, 1.54) is 0 Å². The van der Waals surface area contributed by atoms with Crippen LogP contribution in [0.1, 0.15) is 25.5 Å². The zero-order chi connectivity index (χ0) is 10.1. The molecule has 2 nitrogen and oxygen atoms in total. The lowest BCUT2D eigenvalue weighted by Gasteiger charge is -1.98. The largest absolute Gasteiger partial charge is 0.356 e. The van der Waals surface area contributed by atoms with Gasteiger partial charge >= 0.3 is 0 Å². The first-order valence-corrected chi connectivity index (χ1v) is 4.94. The van der Waals surface area contributed by atoms with E-state index in [0.717, 1.165) is 5.56 Å². The minimum absolute atomic E-state index is 0.00565. The summed E-state index contributed by atoms with van der Waals surface area (Å²) >= 11 is 0. The summed E-state index contributed by atoms with van der Waals surface area (Å²) in [7, 11) is 0. The van der Waals surface area contributed by atoms with Crippen LogP contribution in [0.25, 0.3) is 0 Å². The number of carbonyl (C=O) groups excluding carboxylic acids is 1. The summed E-state index contributed by atoms with van der Waals surface area (Å²) in [6.45, 7) is 3.82. The van der Waals surface area contributed by atoms with E-state index in [2.05, 4.69) is 0 Å². The lowest BCUT2D eigenvalue weighted by molar-refractivity contribution is -0.123. The van der Waals surface area contributed by atoms with E-state index < -0.39 is 0 Å². The van der Waals surface area contributed by atoms with Crippen molar-refractivity contribution in [1.82, 2.24) is 0 Å². The normalized spacial score (nSPS) is 25.1. The molecule has 0 saturated carbocycles. The lowest BCUT2D eigenvalue weighted by Crippen LogP contribution is -2.14. The molecule has 1 saturated heterocycles. The van der Waals surface area contributed by atoms with Gasteiger partial charge in [-0.2, -0.15) is 0 Å². The van der Waals surface area contributed by atoms with Crippen LogP contribution in [0.5, 0.6) is 0 Å². The van der Waals surface area contributed by atoms with Crippen LogP contribution in [0.3, 0.4) is 0 Å². The molecule has 0 amide bonds. The average Bonchev–Trinajstić information content (AvgIpc) is 2.97. The summed E-state index contributed by atoms with van der Waals surface area (Å²) in [5, 5.41) is 0. The third kappa shape index (κ3) is 1.70. The molecule has 2 rings (SSSR count). The van der Waals surface area contributed by atoms with Gasteiger partial charge in [-0.05, 0) is 5.56 Å². The Hall–Kier alpha value is -1.15. The molecule has 2 atom stereocenters. The Balaban J connectivity index is 2.03. The van der Waals surface area contributed by atoms with Crippen LogP contribution < -0.4 is 0 Å². The van der Waals surface area contributed by atoms with Crippen molar-refractivity contribution in [3.05, 3.63) is 35.9 Å². The van der Waals surface area contributed by atoms with Gasteiger partial charge in [-0.15, -0.1) is 0 Å². The minimum Gasteiger partial charge on any atom is -0.356 e. The molecule has 1 fully saturated rings. The molecule has 74 valence electrons. The highest BCUT2D eigenvalue weighted by Gasteiger charge is 2.46. The number of ketones is 1. The molecule has 2 heteroatoms. The maximum atomic E-state index is 11.6. The summed E-state index contributed by atoms with van der Waals surface area (Å²) in [5.41, 5.74) is 1.10. The van der Waals surface area contributed by atoms with Gasteiger partial charge < -0.3 is 4.74 Å². The Morgan fingerprint density at radius 3 is 2.50 bits per heavy atom. The SMILES string of the molecule is CC(C)C(=O)[C@@H]1O[C@H]1c1ccccc1. The van der Waals surface area contributed by atoms with E-state index in [4.69, 9.17) is 4.74 Å². The van der Waals surface area contributed by atoms with Crippen molar-refractivity contribution in [2.45, 2.75) is 26.1 Å². The van der Waals surface area contributed by atoms with E-state index in [9.17, 15) is 4.79 Å². The second-order valence-electron chi connectivity index (χ2n) is 3.95. The van der Waals surface area contributed by atoms with Crippen molar-refractivity contribution in [3.8, 4) is 0 Å². The van der Waals surface area contributed by atoms with Crippen molar-refractivity contribution in [2.24, 2.45) is 5.92 Å². The van der Waals surface area contributed by atoms with E-state index in [1.807, 2.05) is 44.2 Å². The standard InChI is InChI=1S/C12H14O2/c1-8(2)10(13)12-11(14-12)9-6-4-3-5-7-9/h3-8,11-12H,1-2H3/t11-,12-/m0/s1. The maximum absolute atomic E-state index is 11.6. The quantitative estimate of drug-likeness (QED) is 0.685. The molecule has 0 aromatic heterocycles. The Kier molecular flexibility index (Phi) is 2.38. The molecule has 1 heterocycles. The highest BCUT2D eigenvalue weighted by molar-refractivity contribution is 5.87. The molecular formula is C12H14O2. The number of hydrogen-bond acceptors (Lipinski definition) is 2. The van der Waals surface area contributed by atoms with E-state index in [1.54, 1.807) is 0 Å². The van der Waals surface area contributed by atoms with Gasteiger partial charge in [0.05, 0.1) is 0 Å². The number of carbonyl (C=O) groups is 1. The summed E-state index contributed by atoms with van der Waals surface area (Å²) < 4.78 is 5.38. The van der Waals surface area contributed by atoms with Crippen LogP contribution in [-0.4, -0.2) is 11.9 Å². The first-order valence-electron chi connectivity index (χ1n) is 4.94. The van der Waals surface area contributed by atoms with Gasteiger partial charge in [-0.3, -0.25) is 4.79 Å². The fourth-order valence-corrected chi connectivity index (χ4v) is 1.55. The fourth-order valence-electron chi connectivity index (χ4n) is 1.55. The molecule has 0 unspecified atom stereocenters. The van der Waals surface area contributed by atoms with Gasteiger partial charge in [0.15, 0.2) is 5.78 Å². The van der Waals surface area contributed by atoms with Crippen LogP contribution in [0.4, 0.5) is 0 Å². The number of hydrogen-bond donors (Lipinski definition) is 0. The Bertz CT molecular complexity index is 329. The predicted molar refractivity (Wildman–Crippen MR) is 53.9 cm³/mol. The van der Waals surface area contributed by atoms with Gasteiger partial charge in [0.1, 0.15) is 12.2 Å². The fraction of sp³-hybridized carbons (Fsp3) is 0.417. The summed E-state index contributed by atoms with van der Waals surface area (Å²) in [4.78, 5) is 11.6. The van der Waals surface area contributed by atoms with E-state index in [0.29, 0.717) is 0 Å². The Morgan fingerprint density at radius 2 is 1.93 bits per heavy atom. The number of epoxide rings is 1. The minimum atomic E-state index is -0.197. The zero-order valence-corrected chi connectivity index (χ0v) is 8.44. The first-order chi connectivity index (χ1) is 6.70. The third-order valence-corrected chi connectivity index (χ3v) is 2.47. The maximum Gasteiger partial charge on any atom is 0.167 e.